The van der Waals surface area contributed by atoms with E-state index >= 15 is 0 Å². The highest BCUT2D eigenvalue weighted by atomic mass is 16.6. The molecule has 1 nitrogen and oxygen atoms in total. The van der Waals surface area contributed by atoms with E-state index in [1.807, 2.05) is 0 Å². The summed E-state index contributed by atoms with van der Waals surface area (Å²) in [5.74, 6) is 1.51. The second kappa shape index (κ2) is 3.08. The first-order valence-corrected chi connectivity index (χ1v) is 5.96. The lowest BCUT2D eigenvalue weighted by Gasteiger charge is -2.27. The molecule has 0 amide bonds. The standard InChI is InChI=1S/C14H18O/c1-10-8-11(2)13-14(9-10,15-13)12-6-4-3-5-7-12/h3-7,10-11,13H,8-9H2,1-2H3. The fourth-order valence-corrected chi connectivity index (χ4v) is 3.36. The molecule has 2 aliphatic rings. The van der Waals surface area contributed by atoms with Crippen LogP contribution in [0.1, 0.15) is 32.3 Å². The van der Waals surface area contributed by atoms with Crippen LogP contribution in [0.25, 0.3) is 0 Å². The molecule has 15 heavy (non-hydrogen) atoms. The van der Waals surface area contributed by atoms with Gasteiger partial charge in [0.25, 0.3) is 0 Å². The zero-order valence-corrected chi connectivity index (χ0v) is 9.44. The molecule has 4 unspecified atom stereocenters. The Hall–Kier alpha value is -0.820. The first-order valence-electron chi connectivity index (χ1n) is 5.96. The van der Waals surface area contributed by atoms with E-state index in [0.717, 1.165) is 5.92 Å². The third-order valence-corrected chi connectivity index (χ3v) is 3.94. The number of fused-ring (bicyclic) bond motifs is 1. The van der Waals surface area contributed by atoms with E-state index in [4.69, 9.17) is 4.74 Å². The van der Waals surface area contributed by atoms with Crippen molar-refractivity contribution < 1.29 is 4.74 Å². The van der Waals surface area contributed by atoms with E-state index in [1.54, 1.807) is 0 Å². The van der Waals surface area contributed by atoms with Crippen molar-refractivity contribution in [1.29, 1.82) is 0 Å². The van der Waals surface area contributed by atoms with E-state index in [9.17, 15) is 0 Å². The van der Waals surface area contributed by atoms with Gasteiger partial charge in [-0.15, -0.1) is 0 Å². The number of epoxide rings is 1. The van der Waals surface area contributed by atoms with Crippen LogP contribution in [0, 0.1) is 11.8 Å². The maximum absolute atomic E-state index is 6.03. The third-order valence-electron chi connectivity index (χ3n) is 3.94. The van der Waals surface area contributed by atoms with Gasteiger partial charge in [0.15, 0.2) is 0 Å². The van der Waals surface area contributed by atoms with Gasteiger partial charge in [0.2, 0.25) is 0 Å². The van der Waals surface area contributed by atoms with Crippen molar-refractivity contribution in [2.24, 2.45) is 11.8 Å². The molecule has 1 heterocycles. The summed E-state index contributed by atoms with van der Waals surface area (Å²) in [7, 11) is 0. The zero-order valence-electron chi connectivity index (χ0n) is 9.44. The lowest BCUT2D eigenvalue weighted by Crippen LogP contribution is -2.27. The Kier molecular flexibility index (Phi) is 1.93. The Morgan fingerprint density at radius 1 is 1.20 bits per heavy atom. The van der Waals surface area contributed by atoms with E-state index in [2.05, 4.69) is 44.2 Å². The van der Waals surface area contributed by atoms with Crippen LogP contribution in [-0.2, 0) is 10.3 Å². The maximum atomic E-state index is 6.03. The van der Waals surface area contributed by atoms with Gasteiger partial charge < -0.3 is 4.74 Å². The first-order chi connectivity index (χ1) is 7.22. The van der Waals surface area contributed by atoms with Crippen LogP contribution in [0.2, 0.25) is 0 Å². The molecule has 1 heteroatoms. The van der Waals surface area contributed by atoms with Gasteiger partial charge in [0.1, 0.15) is 5.60 Å². The summed E-state index contributed by atoms with van der Waals surface area (Å²) in [5.41, 5.74) is 1.46. The van der Waals surface area contributed by atoms with E-state index in [0.29, 0.717) is 12.0 Å². The molecule has 0 N–H and O–H groups in total. The molecular weight excluding hydrogens is 184 g/mol. The number of hydrogen-bond donors (Lipinski definition) is 0. The van der Waals surface area contributed by atoms with Crippen molar-refractivity contribution in [3.8, 4) is 0 Å². The van der Waals surface area contributed by atoms with Crippen LogP contribution in [0.5, 0.6) is 0 Å². The molecule has 0 radical (unpaired) electrons. The maximum Gasteiger partial charge on any atom is 0.120 e. The van der Waals surface area contributed by atoms with Gasteiger partial charge in [-0.2, -0.15) is 0 Å². The van der Waals surface area contributed by atoms with E-state index in [1.165, 1.54) is 18.4 Å². The summed E-state index contributed by atoms with van der Waals surface area (Å²) < 4.78 is 6.03. The quantitative estimate of drug-likeness (QED) is 0.636. The van der Waals surface area contributed by atoms with Crippen molar-refractivity contribution in [1.82, 2.24) is 0 Å². The predicted octanol–water partition coefficient (Wildman–Crippen LogP) is 3.35. The van der Waals surface area contributed by atoms with E-state index in [-0.39, 0.29) is 5.60 Å². The number of benzene rings is 1. The summed E-state index contributed by atoms with van der Waals surface area (Å²) >= 11 is 0. The van der Waals surface area contributed by atoms with Crippen molar-refractivity contribution in [2.75, 3.05) is 0 Å². The Bertz CT molecular complexity index is 359. The van der Waals surface area contributed by atoms with Gasteiger partial charge in [-0.25, -0.2) is 0 Å². The fraction of sp³-hybridized carbons (Fsp3) is 0.571. The second-order valence-corrected chi connectivity index (χ2v) is 5.32. The lowest BCUT2D eigenvalue weighted by atomic mass is 9.74. The average Bonchev–Trinajstić information content (AvgIpc) is 2.95. The molecule has 1 aliphatic heterocycles. The highest BCUT2D eigenvalue weighted by Crippen LogP contribution is 2.58. The molecule has 1 aliphatic carbocycles. The van der Waals surface area contributed by atoms with Crippen molar-refractivity contribution >= 4 is 0 Å². The lowest BCUT2D eigenvalue weighted by molar-refractivity contribution is 0.262. The minimum atomic E-state index is 0.0817. The third kappa shape index (κ3) is 1.33. The summed E-state index contributed by atoms with van der Waals surface area (Å²) in [6, 6.07) is 10.7. The molecule has 0 spiro atoms. The molecule has 0 bridgehead atoms. The second-order valence-electron chi connectivity index (χ2n) is 5.32. The number of rotatable bonds is 1. The minimum absolute atomic E-state index is 0.0817. The smallest absolute Gasteiger partial charge is 0.120 e. The van der Waals surface area contributed by atoms with Gasteiger partial charge in [0, 0.05) is 0 Å². The summed E-state index contributed by atoms with van der Waals surface area (Å²) in [4.78, 5) is 0. The van der Waals surface area contributed by atoms with Crippen LogP contribution >= 0.6 is 0 Å². The number of hydrogen-bond acceptors (Lipinski definition) is 1. The highest BCUT2D eigenvalue weighted by Gasteiger charge is 2.62. The normalized spacial score (nSPS) is 43.5. The monoisotopic (exact) mass is 202 g/mol. The predicted molar refractivity (Wildman–Crippen MR) is 60.6 cm³/mol. The Morgan fingerprint density at radius 3 is 2.67 bits per heavy atom. The van der Waals surface area contributed by atoms with Crippen LogP contribution < -0.4 is 0 Å². The molecule has 80 valence electrons. The Balaban J connectivity index is 1.94. The summed E-state index contributed by atoms with van der Waals surface area (Å²) in [5, 5.41) is 0. The molecule has 4 atom stereocenters. The molecule has 2 fully saturated rings. The van der Waals surface area contributed by atoms with Crippen LogP contribution in [0.3, 0.4) is 0 Å². The highest BCUT2D eigenvalue weighted by molar-refractivity contribution is 5.31. The Morgan fingerprint density at radius 2 is 1.93 bits per heavy atom. The van der Waals surface area contributed by atoms with Gasteiger partial charge in [0.05, 0.1) is 6.10 Å². The van der Waals surface area contributed by atoms with Gasteiger partial charge in [-0.3, -0.25) is 0 Å². The summed E-state index contributed by atoms with van der Waals surface area (Å²) in [6.45, 7) is 4.67. The fourth-order valence-electron chi connectivity index (χ4n) is 3.36. The summed E-state index contributed by atoms with van der Waals surface area (Å²) in [6.07, 6.45) is 3.00. The van der Waals surface area contributed by atoms with Gasteiger partial charge in [-0.05, 0) is 30.2 Å². The van der Waals surface area contributed by atoms with Crippen molar-refractivity contribution in [2.45, 2.75) is 38.4 Å². The molecule has 1 aromatic rings. The van der Waals surface area contributed by atoms with Crippen molar-refractivity contribution in [3.63, 3.8) is 0 Å². The molecule has 1 saturated heterocycles. The zero-order chi connectivity index (χ0) is 10.5. The van der Waals surface area contributed by atoms with Crippen molar-refractivity contribution in [3.05, 3.63) is 35.9 Å². The van der Waals surface area contributed by atoms with Gasteiger partial charge in [-0.1, -0.05) is 44.2 Å². The first kappa shape index (κ1) is 9.41. The molecule has 3 rings (SSSR count). The van der Waals surface area contributed by atoms with Crippen LogP contribution in [0.15, 0.2) is 30.3 Å². The van der Waals surface area contributed by atoms with Crippen LogP contribution in [0.4, 0.5) is 0 Å². The SMILES string of the molecule is CC1CC(C)C2OC2(c2ccccc2)C1. The van der Waals surface area contributed by atoms with Crippen LogP contribution in [-0.4, -0.2) is 6.10 Å². The van der Waals surface area contributed by atoms with Gasteiger partial charge >= 0.3 is 0 Å². The average molecular weight is 202 g/mol. The number of ether oxygens (including phenoxy) is 1. The minimum Gasteiger partial charge on any atom is -0.361 e. The molecule has 1 saturated carbocycles. The topological polar surface area (TPSA) is 12.5 Å². The molecule has 0 aromatic heterocycles. The Labute approximate surface area is 91.5 Å². The molecule has 1 aromatic carbocycles. The largest absolute Gasteiger partial charge is 0.361 e. The molecular formula is C14H18O. The van der Waals surface area contributed by atoms with E-state index < -0.39 is 0 Å².